The first-order chi connectivity index (χ1) is 17.0. The van der Waals surface area contributed by atoms with E-state index in [1.807, 2.05) is 79.7 Å². The molecule has 0 spiro atoms. The largest absolute Gasteiger partial charge is 0.322 e. The summed E-state index contributed by atoms with van der Waals surface area (Å²) in [5, 5.41) is 3.58. The highest BCUT2D eigenvalue weighted by Gasteiger charge is 2.26. The first-order valence-corrected chi connectivity index (χ1v) is 12.3. The molecule has 0 saturated heterocycles. The third-order valence-corrected chi connectivity index (χ3v) is 6.28. The van der Waals surface area contributed by atoms with Crippen LogP contribution in [-0.2, 0) is 6.42 Å². The SMILES string of the molecule is CCCCN(C(=O)Nc1ccc(CC)cc1)C(C)c1nc2ccccc2c(=O)n1-c1ccccc1. The molecule has 0 saturated carbocycles. The average molecular weight is 469 g/mol. The minimum Gasteiger partial charge on any atom is -0.315 e. The van der Waals surface area contributed by atoms with Crippen molar-refractivity contribution in [1.82, 2.24) is 14.5 Å². The summed E-state index contributed by atoms with van der Waals surface area (Å²) in [6.45, 7) is 6.68. The molecule has 4 aromatic rings. The van der Waals surface area contributed by atoms with E-state index >= 15 is 0 Å². The smallest absolute Gasteiger partial charge is 0.315 e. The van der Waals surface area contributed by atoms with Gasteiger partial charge in [0.2, 0.25) is 0 Å². The fourth-order valence-corrected chi connectivity index (χ4v) is 4.21. The lowest BCUT2D eigenvalue weighted by Gasteiger charge is -2.30. The number of fused-ring (bicyclic) bond motifs is 1. The van der Waals surface area contributed by atoms with Gasteiger partial charge in [-0.1, -0.05) is 62.7 Å². The molecule has 1 N–H and O–H groups in total. The number of hydrogen-bond donors (Lipinski definition) is 1. The summed E-state index contributed by atoms with van der Waals surface area (Å²) in [6.07, 6.45) is 2.73. The number of aryl methyl sites for hydroxylation is 1. The van der Waals surface area contributed by atoms with Gasteiger partial charge in [-0.3, -0.25) is 9.36 Å². The second-order valence-electron chi connectivity index (χ2n) is 8.67. The van der Waals surface area contributed by atoms with Crippen molar-refractivity contribution in [2.24, 2.45) is 0 Å². The summed E-state index contributed by atoms with van der Waals surface area (Å²) in [6, 6.07) is 24.1. The first kappa shape index (κ1) is 24.2. The Bertz CT molecular complexity index is 1350. The van der Waals surface area contributed by atoms with E-state index in [1.165, 1.54) is 5.56 Å². The lowest BCUT2D eigenvalue weighted by atomic mass is 10.1. The van der Waals surface area contributed by atoms with E-state index in [2.05, 4.69) is 19.2 Å². The Morgan fingerprint density at radius 2 is 1.66 bits per heavy atom. The minimum atomic E-state index is -0.436. The molecule has 1 unspecified atom stereocenters. The fourth-order valence-electron chi connectivity index (χ4n) is 4.21. The first-order valence-electron chi connectivity index (χ1n) is 12.3. The van der Waals surface area contributed by atoms with Crippen LogP contribution in [0.1, 0.15) is 51.0 Å². The molecule has 6 heteroatoms. The number of nitrogens with one attached hydrogen (secondary N) is 1. The van der Waals surface area contributed by atoms with E-state index in [0.29, 0.717) is 23.3 Å². The Morgan fingerprint density at radius 1 is 0.971 bits per heavy atom. The third-order valence-electron chi connectivity index (χ3n) is 6.28. The predicted octanol–water partition coefficient (Wildman–Crippen LogP) is 6.34. The maximum Gasteiger partial charge on any atom is 0.322 e. The van der Waals surface area contributed by atoms with Gasteiger partial charge in [0, 0.05) is 12.2 Å². The molecule has 180 valence electrons. The number of urea groups is 1. The number of unbranched alkanes of at least 4 members (excludes halogenated alkanes) is 1. The zero-order valence-corrected chi connectivity index (χ0v) is 20.6. The maximum absolute atomic E-state index is 13.6. The van der Waals surface area contributed by atoms with Gasteiger partial charge < -0.3 is 10.2 Å². The van der Waals surface area contributed by atoms with Crippen molar-refractivity contribution in [3.63, 3.8) is 0 Å². The lowest BCUT2D eigenvalue weighted by Crippen LogP contribution is -2.40. The minimum absolute atomic E-state index is 0.144. The summed E-state index contributed by atoms with van der Waals surface area (Å²) in [7, 11) is 0. The van der Waals surface area contributed by atoms with Gasteiger partial charge in [0.05, 0.1) is 22.6 Å². The van der Waals surface area contributed by atoms with Crippen molar-refractivity contribution in [2.75, 3.05) is 11.9 Å². The number of amides is 2. The zero-order chi connectivity index (χ0) is 24.8. The molecule has 6 nitrogen and oxygen atoms in total. The van der Waals surface area contributed by atoms with Gasteiger partial charge in [-0.15, -0.1) is 0 Å². The van der Waals surface area contributed by atoms with Gasteiger partial charge in [-0.05, 0) is 61.7 Å². The van der Waals surface area contributed by atoms with E-state index in [9.17, 15) is 9.59 Å². The van der Waals surface area contributed by atoms with Gasteiger partial charge in [0.15, 0.2) is 0 Å². The number of aromatic nitrogens is 2. The van der Waals surface area contributed by atoms with Crippen LogP contribution >= 0.6 is 0 Å². The van der Waals surface area contributed by atoms with Crippen LogP contribution in [0, 0.1) is 0 Å². The summed E-state index contributed by atoms with van der Waals surface area (Å²) in [5.74, 6) is 0.535. The third kappa shape index (κ3) is 5.27. The second-order valence-corrected chi connectivity index (χ2v) is 8.67. The molecule has 0 aliphatic heterocycles. The molecule has 0 bridgehead atoms. The molecule has 1 atom stereocenters. The normalized spacial score (nSPS) is 11.9. The van der Waals surface area contributed by atoms with E-state index in [4.69, 9.17) is 4.98 Å². The van der Waals surface area contributed by atoms with E-state index in [1.54, 1.807) is 15.5 Å². The summed E-state index contributed by atoms with van der Waals surface area (Å²) in [4.78, 5) is 33.8. The highest BCUT2D eigenvalue weighted by atomic mass is 16.2. The fraction of sp³-hybridized carbons (Fsp3) is 0.276. The van der Waals surface area contributed by atoms with Crippen LogP contribution in [0.25, 0.3) is 16.6 Å². The average Bonchev–Trinajstić information content (AvgIpc) is 2.89. The monoisotopic (exact) mass is 468 g/mol. The zero-order valence-electron chi connectivity index (χ0n) is 20.6. The molecular formula is C29H32N4O2. The standard InChI is InChI=1S/C29H32N4O2/c1-4-6-20-32(29(35)30-23-18-16-22(5-2)17-19-23)21(3)27-31-26-15-11-10-14-25(26)28(34)33(27)24-12-8-7-9-13-24/h7-19,21H,4-6,20H2,1-3H3,(H,30,35). The molecule has 0 radical (unpaired) electrons. The van der Waals surface area contributed by atoms with Crippen LogP contribution in [0.2, 0.25) is 0 Å². The van der Waals surface area contributed by atoms with E-state index < -0.39 is 6.04 Å². The van der Waals surface area contributed by atoms with E-state index in [0.717, 1.165) is 30.6 Å². The topological polar surface area (TPSA) is 67.2 Å². The molecule has 1 heterocycles. The molecule has 0 fully saturated rings. The molecule has 0 aliphatic carbocycles. The molecule has 1 aromatic heterocycles. The van der Waals surface area contributed by atoms with Crippen molar-refractivity contribution in [3.8, 4) is 5.69 Å². The number of benzene rings is 3. The van der Waals surface area contributed by atoms with Crippen molar-refractivity contribution >= 4 is 22.6 Å². The number of carbonyl (C=O) groups is 1. The van der Waals surface area contributed by atoms with Gasteiger partial charge in [0.1, 0.15) is 5.82 Å². The highest BCUT2D eigenvalue weighted by Crippen LogP contribution is 2.24. The number of hydrogen-bond acceptors (Lipinski definition) is 3. The molecule has 2 amide bonds. The van der Waals surface area contributed by atoms with Crippen molar-refractivity contribution < 1.29 is 4.79 Å². The summed E-state index contributed by atoms with van der Waals surface area (Å²) < 4.78 is 1.63. The number of rotatable bonds is 8. The van der Waals surface area contributed by atoms with Gasteiger partial charge in [-0.25, -0.2) is 9.78 Å². The second kappa shape index (κ2) is 11.0. The number of para-hydroxylation sites is 2. The molecular weight excluding hydrogens is 436 g/mol. The maximum atomic E-state index is 13.6. The Morgan fingerprint density at radius 3 is 2.34 bits per heavy atom. The van der Waals surface area contributed by atoms with Crippen LogP contribution in [0.4, 0.5) is 10.5 Å². The molecule has 3 aromatic carbocycles. The number of carbonyl (C=O) groups excluding carboxylic acids is 1. The number of nitrogens with zero attached hydrogens (tertiary/aromatic N) is 3. The summed E-state index contributed by atoms with van der Waals surface area (Å²) in [5.41, 5.74) is 3.16. The molecule has 0 aliphatic rings. The Kier molecular flexibility index (Phi) is 7.60. The van der Waals surface area contributed by atoms with Crippen LogP contribution < -0.4 is 10.9 Å². The van der Waals surface area contributed by atoms with Crippen molar-refractivity contribution in [2.45, 2.75) is 46.1 Å². The van der Waals surface area contributed by atoms with Gasteiger partial charge in [-0.2, -0.15) is 0 Å². The Labute approximate surface area is 206 Å². The van der Waals surface area contributed by atoms with Crippen LogP contribution in [-0.4, -0.2) is 27.0 Å². The quantitative estimate of drug-likeness (QED) is 0.328. The van der Waals surface area contributed by atoms with Crippen LogP contribution in [0.15, 0.2) is 83.7 Å². The Balaban J connectivity index is 1.77. The van der Waals surface area contributed by atoms with Gasteiger partial charge >= 0.3 is 6.03 Å². The van der Waals surface area contributed by atoms with Crippen LogP contribution in [0.5, 0.6) is 0 Å². The lowest BCUT2D eigenvalue weighted by molar-refractivity contribution is 0.188. The highest BCUT2D eigenvalue weighted by molar-refractivity contribution is 5.89. The predicted molar refractivity (Wildman–Crippen MR) is 142 cm³/mol. The van der Waals surface area contributed by atoms with Crippen LogP contribution in [0.3, 0.4) is 0 Å². The number of anilines is 1. The van der Waals surface area contributed by atoms with Crippen molar-refractivity contribution in [1.29, 1.82) is 0 Å². The molecule has 4 rings (SSSR count). The van der Waals surface area contributed by atoms with Gasteiger partial charge in [0.25, 0.3) is 5.56 Å². The molecule has 35 heavy (non-hydrogen) atoms. The van der Waals surface area contributed by atoms with E-state index in [-0.39, 0.29) is 11.6 Å². The Hall–Kier alpha value is -3.93. The van der Waals surface area contributed by atoms with Crippen molar-refractivity contribution in [3.05, 3.63) is 101 Å². The summed E-state index contributed by atoms with van der Waals surface area (Å²) >= 11 is 0.